The van der Waals surface area contributed by atoms with E-state index in [4.69, 9.17) is 15.9 Å². The standard InChI is InChI=1S/C24H29N3O2/c1-3-5-19(14-21-17-28-12-13-29-21)26-20-6-4-7-22-23(16-25-24(22)15-20)18-8-10-27(2)11-9-18/h1,5-7,14-16,18,25-26H,4,8-13,17H2,2H3/b19-5+,21-14+. The highest BCUT2D eigenvalue weighted by Crippen LogP contribution is 2.24. The zero-order valence-electron chi connectivity index (χ0n) is 17.0. The third kappa shape index (κ3) is 4.84. The lowest BCUT2D eigenvalue weighted by Crippen LogP contribution is -2.33. The number of aromatic amines is 1. The van der Waals surface area contributed by atoms with Crippen LogP contribution < -0.4 is 15.9 Å². The molecule has 0 saturated carbocycles. The molecular weight excluding hydrogens is 362 g/mol. The van der Waals surface area contributed by atoms with Crippen molar-refractivity contribution in [2.24, 2.45) is 0 Å². The number of fused-ring (bicyclic) bond motifs is 1. The second-order valence-corrected chi connectivity index (χ2v) is 7.80. The van der Waals surface area contributed by atoms with Crippen molar-refractivity contribution >= 4 is 12.2 Å². The lowest BCUT2D eigenvalue weighted by molar-refractivity contribution is 0.0133. The summed E-state index contributed by atoms with van der Waals surface area (Å²) in [7, 11) is 2.21. The molecule has 0 bridgehead atoms. The van der Waals surface area contributed by atoms with E-state index in [1.165, 1.54) is 36.7 Å². The molecule has 3 aliphatic rings. The number of nitrogens with one attached hydrogen (secondary N) is 2. The lowest BCUT2D eigenvalue weighted by atomic mass is 9.90. The third-order valence-corrected chi connectivity index (χ3v) is 5.71. The Morgan fingerprint density at radius 3 is 2.93 bits per heavy atom. The first-order chi connectivity index (χ1) is 14.2. The van der Waals surface area contributed by atoms with E-state index in [1.54, 1.807) is 6.08 Å². The van der Waals surface area contributed by atoms with Crippen molar-refractivity contribution in [2.75, 3.05) is 40.0 Å². The molecule has 2 saturated heterocycles. The Morgan fingerprint density at radius 1 is 1.31 bits per heavy atom. The van der Waals surface area contributed by atoms with Crippen LogP contribution in [0.1, 0.15) is 30.7 Å². The fourth-order valence-corrected chi connectivity index (χ4v) is 4.15. The van der Waals surface area contributed by atoms with Crippen LogP contribution in [0.25, 0.3) is 12.2 Å². The summed E-state index contributed by atoms with van der Waals surface area (Å²) >= 11 is 0. The highest BCUT2D eigenvalue weighted by Gasteiger charge is 2.20. The van der Waals surface area contributed by atoms with Gasteiger partial charge in [0.1, 0.15) is 19.0 Å². The van der Waals surface area contributed by atoms with Crippen LogP contribution >= 0.6 is 0 Å². The molecule has 0 radical (unpaired) electrons. The first kappa shape index (κ1) is 19.6. The summed E-state index contributed by atoms with van der Waals surface area (Å²) in [5.74, 6) is 4.03. The first-order valence-corrected chi connectivity index (χ1v) is 10.4. The predicted octanol–water partition coefficient (Wildman–Crippen LogP) is 1.71. The SMILES string of the molecule is C#C/C=C(\C=C1/COCCO1)NC1=CCC=c2c(C3CCN(C)CC3)c[nH]c2=C1. The van der Waals surface area contributed by atoms with E-state index in [0.29, 0.717) is 25.7 Å². The van der Waals surface area contributed by atoms with E-state index in [2.05, 4.69) is 52.6 Å². The van der Waals surface area contributed by atoms with E-state index in [1.807, 2.05) is 6.08 Å². The van der Waals surface area contributed by atoms with Gasteiger partial charge in [-0.15, -0.1) is 6.42 Å². The van der Waals surface area contributed by atoms with Crippen molar-refractivity contribution < 1.29 is 9.47 Å². The number of hydrogen-bond acceptors (Lipinski definition) is 4. The van der Waals surface area contributed by atoms with Gasteiger partial charge in [0.15, 0.2) is 0 Å². The van der Waals surface area contributed by atoms with Gasteiger partial charge < -0.3 is 24.7 Å². The van der Waals surface area contributed by atoms with Crippen LogP contribution in [0.2, 0.25) is 0 Å². The Bertz CT molecular complexity index is 974. The number of aromatic nitrogens is 1. The van der Waals surface area contributed by atoms with Crippen molar-refractivity contribution in [3.05, 3.63) is 57.7 Å². The summed E-state index contributed by atoms with van der Waals surface area (Å²) in [6, 6.07) is 0. The maximum atomic E-state index is 5.64. The number of H-pyrrole nitrogens is 1. The van der Waals surface area contributed by atoms with Gasteiger partial charge in [-0.05, 0) is 62.2 Å². The second kappa shape index (κ2) is 9.21. The second-order valence-electron chi connectivity index (χ2n) is 7.80. The molecule has 0 unspecified atom stereocenters. The van der Waals surface area contributed by atoms with Crippen molar-refractivity contribution in [3.63, 3.8) is 0 Å². The van der Waals surface area contributed by atoms with Gasteiger partial charge in [-0.1, -0.05) is 18.1 Å². The van der Waals surface area contributed by atoms with Gasteiger partial charge in [-0.3, -0.25) is 0 Å². The number of ether oxygens (including phenoxy) is 2. The topological polar surface area (TPSA) is 49.5 Å². The Balaban J connectivity index is 1.54. The van der Waals surface area contributed by atoms with Gasteiger partial charge in [-0.2, -0.15) is 0 Å². The zero-order valence-corrected chi connectivity index (χ0v) is 17.0. The molecule has 2 aliphatic heterocycles. The van der Waals surface area contributed by atoms with Gasteiger partial charge >= 0.3 is 0 Å². The molecule has 1 aromatic rings. The molecule has 5 nitrogen and oxygen atoms in total. The van der Waals surface area contributed by atoms with Crippen molar-refractivity contribution in [1.82, 2.24) is 15.2 Å². The van der Waals surface area contributed by atoms with Crippen molar-refractivity contribution in [3.8, 4) is 12.3 Å². The molecule has 3 heterocycles. The van der Waals surface area contributed by atoms with Gasteiger partial charge in [-0.25, -0.2) is 0 Å². The number of terminal acetylenes is 1. The fourth-order valence-electron chi connectivity index (χ4n) is 4.15. The van der Waals surface area contributed by atoms with Gasteiger partial charge in [0, 0.05) is 29.4 Å². The number of piperidine rings is 1. The highest BCUT2D eigenvalue weighted by molar-refractivity contribution is 5.52. The summed E-state index contributed by atoms with van der Waals surface area (Å²) in [5.41, 5.74) is 3.29. The monoisotopic (exact) mass is 391 g/mol. The normalized spacial score (nSPS) is 22.4. The van der Waals surface area contributed by atoms with E-state index in [9.17, 15) is 0 Å². The van der Waals surface area contributed by atoms with Crippen LogP contribution in [-0.2, 0) is 9.47 Å². The van der Waals surface area contributed by atoms with Crippen molar-refractivity contribution in [2.45, 2.75) is 25.2 Å². The maximum Gasteiger partial charge on any atom is 0.124 e. The number of hydrogen-bond donors (Lipinski definition) is 2. The van der Waals surface area contributed by atoms with E-state index < -0.39 is 0 Å². The minimum Gasteiger partial charge on any atom is -0.493 e. The summed E-state index contributed by atoms with van der Waals surface area (Å²) in [4.78, 5) is 5.90. The molecule has 0 aromatic carbocycles. The molecule has 1 aliphatic carbocycles. The van der Waals surface area contributed by atoms with E-state index >= 15 is 0 Å². The number of likely N-dealkylation sites (tertiary alicyclic amines) is 1. The molecule has 4 rings (SSSR count). The largest absolute Gasteiger partial charge is 0.493 e. The van der Waals surface area contributed by atoms with Crippen LogP contribution in [0.15, 0.2) is 41.6 Å². The van der Waals surface area contributed by atoms with Crippen LogP contribution in [0.3, 0.4) is 0 Å². The Labute approximate surface area is 172 Å². The molecule has 0 atom stereocenters. The van der Waals surface area contributed by atoms with Gasteiger partial charge in [0.25, 0.3) is 0 Å². The minimum atomic E-state index is 0.473. The number of nitrogens with zero attached hydrogens (tertiary/aromatic N) is 1. The molecule has 0 spiro atoms. The Hall–Kier alpha value is -2.68. The molecule has 1 aromatic heterocycles. The quantitative estimate of drug-likeness (QED) is 0.768. The molecule has 5 heteroatoms. The van der Waals surface area contributed by atoms with E-state index in [0.717, 1.165) is 28.9 Å². The summed E-state index contributed by atoms with van der Waals surface area (Å²) in [5, 5.41) is 5.94. The average molecular weight is 392 g/mol. The maximum absolute atomic E-state index is 5.64. The van der Waals surface area contributed by atoms with E-state index in [-0.39, 0.29) is 0 Å². The Morgan fingerprint density at radius 2 is 2.17 bits per heavy atom. The zero-order chi connectivity index (χ0) is 20.1. The molecular formula is C24H29N3O2. The molecule has 152 valence electrons. The molecule has 29 heavy (non-hydrogen) atoms. The van der Waals surface area contributed by atoms with Gasteiger partial charge in [0.05, 0.1) is 12.3 Å². The minimum absolute atomic E-state index is 0.473. The van der Waals surface area contributed by atoms with Crippen LogP contribution in [-0.4, -0.2) is 49.8 Å². The number of rotatable bonds is 4. The van der Waals surface area contributed by atoms with Crippen LogP contribution in [0.5, 0.6) is 0 Å². The number of allylic oxidation sites excluding steroid dienone is 4. The molecule has 2 fully saturated rings. The third-order valence-electron chi connectivity index (χ3n) is 5.71. The summed E-state index contributed by atoms with van der Waals surface area (Å²) in [6.07, 6.45) is 21.4. The smallest absolute Gasteiger partial charge is 0.124 e. The molecule has 0 amide bonds. The lowest BCUT2D eigenvalue weighted by Gasteiger charge is -2.28. The predicted molar refractivity (Wildman–Crippen MR) is 116 cm³/mol. The fraction of sp³-hybridized carbons (Fsp3) is 0.417. The molecule has 2 N–H and O–H groups in total. The summed E-state index contributed by atoms with van der Waals surface area (Å²) < 4.78 is 11.1. The Kier molecular flexibility index (Phi) is 6.24. The highest BCUT2D eigenvalue weighted by atomic mass is 16.6. The van der Waals surface area contributed by atoms with Gasteiger partial charge in [0.2, 0.25) is 0 Å². The average Bonchev–Trinajstić information content (AvgIpc) is 3.01. The first-order valence-electron chi connectivity index (χ1n) is 10.4. The van der Waals surface area contributed by atoms with Crippen molar-refractivity contribution in [1.29, 1.82) is 0 Å². The van der Waals surface area contributed by atoms with Crippen LogP contribution in [0, 0.1) is 12.3 Å². The summed E-state index contributed by atoms with van der Waals surface area (Å²) in [6.45, 7) is 4.01. The van der Waals surface area contributed by atoms with Crippen LogP contribution in [0.4, 0.5) is 0 Å².